The van der Waals surface area contributed by atoms with Gasteiger partial charge in [-0.1, -0.05) is 39.3 Å². The van der Waals surface area contributed by atoms with Crippen molar-refractivity contribution >= 4 is 44.4 Å². The van der Waals surface area contributed by atoms with Crippen LogP contribution in [0.5, 0.6) is 5.75 Å². The second-order valence-corrected chi connectivity index (χ2v) is 17.2. The first-order chi connectivity index (χ1) is 25.0. The van der Waals surface area contributed by atoms with E-state index >= 15 is 0 Å². The molecule has 11 nitrogen and oxygen atoms in total. The molecule has 5 N–H and O–H groups in total. The van der Waals surface area contributed by atoms with Crippen LogP contribution in [-0.2, 0) is 27.2 Å². The van der Waals surface area contributed by atoms with Crippen LogP contribution in [0, 0.1) is 11.8 Å². The number of amides is 1. The molecule has 0 bridgehead atoms. The Morgan fingerprint density at radius 1 is 1.27 bits per heavy atom. The summed E-state index contributed by atoms with van der Waals surface area (Å²) < 4.78 is 19.6. The van der Waals surface area contributed by atoms with Gasteiger partial charge in [-0.2, -0.15) is 0 Å². The molecule has 1 spiro atoms. The number of carbonyl (C=O) groups excluding carboxylic acids is 2. The Kier molecular flexibility index (Phi) is 10.3. The molecule has 1 aliphatic carbocycles. The SMILES string of the molecule is C/C=C(\C)C(=O)O[C@]1(C)CC=C2CSSC[C@@H]3[C@@H](CNC)CN3C(=O)CC3=C(C=C(N)NC3)[C@H]2[C@]12Cc1cc3cc(CCCO)c(=O)oc3cc1O2. The lowest BCUT2D eigenvalue weighted by Crippen LogP contribution is -2.65. The van der Waals surface area contributed by atoms with E-state index in [1.54, 1.807) is 40.7 Å². The van der Waals surface area contributed by atoms with Crippen molar-refractivity contribution < 1.29 is 28.6 Å². The number of esters is 1. The van der Waals surface area contributed by atoms with Crippen LogP contribution in [0.1, 0.15) is 51.2 Å². The standard InChI is InChI=1S/C39H48N4O7S2/c1-5-22(2)36(46)50-38(3)9-8-24-20-51-52-21-30-28(17-41-4)19-43(30)34(45)13-27-18-42-33(40)14-29(27)35(24)39(38)16-26-12-25-11-23(7-6-10-44)37(47)48-31(25)15-32(26)49-39/h5,8,11-12,14-15,28,30,35,41-42,44H,6-7,9-10,13,16-21,40H2,1-4H3/b22-5+/t28-,30+,35-,38+,39+/m0/s1. The number of ether oxygens (including phenoxy) is 2. The van der Waals surface area contributed by atoms with Crippen molar-refractivity contribution in [2.45, 2.75) is 70.1 Å². The Balaban J connectivity index is 1.38. The third-order valence-corrected chi connectivity index (χ3v) is 13.9. The summed E-state index contributed by atoms with van der Waals surface area (Å²) in [6.45, 7) is 7.49. The lowest BCUT2D eigenvalue weighted by atomic mass is 9.61. The summed E-state index contributed by atoms with van der Waals surface area (Å²) in [4.78, 5) is 42.7. The number of nitrogens with one attached hydrogen (secondary N) is 2. The van der Waals surface area contributed by atoms with Crippen molar-refractivity contribution in [3.63, 3.8) is 0 Å². The van der Waals surface area contributed by atoms with E-state index in [0.717, 1.165) is 46.5 Å². The van der Waals surface area contributed by atoms with Gasteiger partial charge in [0.25, 0.3) is 0 Å². The number of hydrogen-bond donors (Lipinski definition) is 4. The number of dihydropyridines is 1. The first-order valence-electron chi connectivity index (χ1n) is 18.1. The fourth-order valence-electron chi connectivity index (χ4n) is 8.43. The molecule has 0 unspecified atom stereocenters. The van der Waals surface area contributed by atoms with Gasteiger partial charge < -0.3 is 40.3 Å². The molecule has 278 valence electrons. The Morgan fingerprint density at radius 3 is 2.87 bits per heavy atom. The maximum Gasteiger partial charge on any atom is 0.339 e. The molecule has 1 amide bonds. The van der Waals surface area contributed by atoms with Crippen molar-refractivity contribution in [3.05, 3.63) is 86.1 Å². The van der Waals surface area contributed by atoms with Gasteiger partial charge in [-0.05, 0) is 75.6 Å². The second-order valence-electron chi connectivity index (χ2n) is 14.7. The quantitative estimate of drug-likeness (QED) is 0.106. The van der Waals surface area contributed by atoms with Gasteiger partial charge in [-0.3, -0.25) is 4.79 Å². The molecular formula is C39H48N4O7S2. The fourth-order valence-corrected chi connectivity index (χ4v) is 11.0. The molecule has 7 rings (SSSR count). The fraction of sp³-hybridized carbons (Fsp3) is 0.513. The number of rotatable bonds is 7. The molecule has 2 aromatic rings. The number of aliphatic hydroxyl groups excluding tert-OH is 1. The van der Waals surface area contributed by atoms with Crippen molar-refractivity contribution in [3.8, 4) is 5.75 Å². The van der Waals surface area contributed by atoms with E-state index in [-0.39, 0.29) is 25.0 Å². The number of carbonyl (C=O) groups is 2. The number of aliphatic hydroxyl groups is 1. The van der Waals surface area contributed by atoms with E-state index in [9.17, 15) is 19.5 Å². The minimum atomic E-state index is -1.14. The van der Waals surface area contributed by atoms with Crippen molar-refractivity contribution in [1.29, 1.82) is 0 Å². The summed E-state index contributed by atoms with van der Waals surface area (Å²) >= 11 is 0. The second kappa shape index (κ2) is 14.6. The Morgan fingerprint density at radius 2 is 2.10 bits per heavy atom. The van der Waals surface area contributed by atoms with Gasteiger partial charge in [0.15, 0.2) is 11.2 Å². The molecule has 0 radical (unpaired) electrons. The topological polar surface area (TPSA) is 156 Å². The Bertz CT molecular complexity index is 1970. The lowest BCUT2D eigenvalue weighted by Gasteiger charge is -2.53. The van der Waals surface area contributed by atoms with Crippen LogP contribution < -0.4 is 26.7 Å². The third kappa shape index (κ3) is 6.47. The van der Waals surface area contributed by atoms with Gasteiger partial charge in [0.1, 0.15) is 11.3 Å². The van der Waals surface area contributed by atoms with Crippen molar-refractivity contribution in [2.75, 3.05) is 44.8 Å². The molecule has 0 saturated carbocycles. The predicted octanol–water partition coefficient (Wildman–Crippen LogP) is 4.14. The number of allylic oxidation sites excluding steroid dienone is 2. The number of hydrogen-bond acceptors (Lipinski definition) is 12. The van der Waals surface area contributed by atoms with E-state index in [2.05, 4.69) is 16.7 Å². The number of nitrogens with two attached hydrogens (primary N) is 1. The first kappa shape index (κ1) is 36.7. The zero-order valence-electron chi connectivity index (χ0n) is 30.2. The molecule has 1 aromatic carbocycles. The van der Waals surface area contributed by atoms with Crippen molar-refractivity contribution in [1.82, 2.24) is 15.5 Å². The maximum absolute atomic E-state index is 14.1. The van der Waals surface area contributed by atoms with Crippen LogP contribution in [0.2, 0.25) is 0 Å². The van der Waals surface area contributed by atoms with E-state index in [0.29, 0.717) is 72.2 Å². The van der Waals surface area contributed by atoms with Gasteiger partial charge >= 0.3 is 11.6 Å². The van der Waals surface area contributed by atoms with E-state index < -0.39 is 28.7 Å². The molecule has 5 heterocycles. The van der Waals surface area contributed by atoms with Crippen LogP contribution in [0.4, 0.5) is 0 Å². The summed E-state index contributed by atoms with van der Waals surface area (Å²) in [6, 6.07) is 5.77. The highest BCUT2D eigenvalue weighted by molar-refractivity contribution is 8.76. The van der Waals surface area contributed by atoms with Crippen LogP contribution in [0.3, 0.4) is 0 Å². The largest absolute Gasteiger partial charge is 0.481 e. The zero-order chi connectivity index (χ0) is 36.8. The van der Waals surface area contributed by atoms with Crippen molar-refractivity contribution in [2.24, 2.45) is 17.6 Å². The number of fused-ring (bicyclic) bond motifs is 6. The van der Waals surface area contributed by atoms with E-state index in [1.165, 1.54) is 0 Å². The molecule has 13 heteroatoms. The molecule has 1 saturated heterocycles. The summed E-state index contributed by atoms with van der Waals surface area (Å²) in [5, 5.41) is 16.7. The highest BCUT2D eigenvalue weighted by Crippen LogP contribution is 2.57. The summed E-state index contributed by atoms with van der Waals surface area (Å²) in [5.41, 5.74) is 9.08. The van der Waals surface area contributed by atoms with Crippen LogP contribution >= 0.6 is 21.6 Å². The summed E-state index contributed by atoms with van der Waals surface area (Å²) in [5.74, 6) is 2.25. The average molecular weight is 749 g/mol. The highest BCUT2D eigenvalue weighted by atomic mass is 33.1. The van der Waals surface area contributed by atoms with E-state index in [1.807, 2.05) is 44.0 Å². The maximum atomic E-state index is 14.1. The highest BCUT2D eigenvalue weighted by Gasteiger charge is 2.64. The molecule has 5 atom stereocenters. The van der Waals surface area contributed by atoms with Crippen LogP contribution in [0.25, 0.3) is 11.0 Å². The van der Waals surface area contributed by atoms with Gasteiger partial charge in [0, 0.05) is 85.1 Å². The van der Waals surface area contributed by atoms with Crippen LogP contribution in [-0.4, -0.2) is 83.9 Å². The van der Waals surface area contributed by atoms with Crippen LogP contribution in [0.15, 0.2) is 73.8 Å². The molecule has 1 aromatic heterocycles. The van der Waals surface area contributed by atoms with Gasteiger partial charge in [0.2, 0.25) is 5.91 Å². The van der Waals surface area contributed by atoms with Gasteiger partial charge in [-0.25, -0.2) is 9.59 Å². The van der Waals surface area contributed by atoms with E-state index in [4.69, 9.17) is 19.6 Å². The average Bonchev–Trinajstić information content (AvgIpc) is 3.48. The predicted molar refractivity (Wildman–Crippen MR) is 205 cm³/mol. The third-order valence-electron chi connectivity index (χ3n) is 11.5. The number of benzene rings is 1. The number of aryl methyl sites for hydroxylation is 1. The first-order valence-corrected chi connectivity index (χ1v) is 20.6. The van der Waals surface area contributed by atoms with Gasteiger partial charge in [0.05, 0.1) is 18.2 Å². The molecule has 1 fully saturated rings. The molecule has 52 heavy (non-hydrogen) atoms. The smallest absolute Gasteiger partial charge is 0.339 e. The Hall–Kier alpha value is -3.65. The summed E-state index contributed by atoms with van der Waals surface area (Å²) in [6.07, 6.45) is 7.78. The summed E-state index contributed by atoms with van der Waals surface area (Å²) in [7, 11) is 5.52. The minimum absolute atomic E-state index is 0.0244. The monoisotopic (exact) mass is 748 g/mol. The normalized spacial score (nSPS) is 28.9. The van der Waals surface area contributed by atoms with Gasteiger partial charge in [-0.15, -0.1) is 0 Å². The molecular weight excluding hydrogens is 701 g/mol. The number of nitrogens with zero attached hydrogens (tertiary/aromatic N) is 1. The molecule has 4 aliphatic heterocycles. The zero-order valence-corrected chi connectivity index (χ0v) is 31.8. The molecule has 5 aliphatic rings. The Labute approximate surface area is 311 Å². The lowest BCUT2D eigenvalue weighted by molar-refractivity contribution is -0.186. The minimum Gasteiger partial charge on any atom is -0.481 e.